The molecule has 0 saturated carbocycles. The molecule has 0 aliphatic carbocycles. The molecule has 174 valence electrons. The molecule has 0 radical (unpaired) electrons. The number of halogens is 3. The Kier molecular flexibility index (Phi) is 5.62. The first kappa shape index (κ1) is 21.8. The fraction of sp³-hybridized carbons (Fsp3) is 0.217. The molecule has 1 aromatic carbocycles. The molecule has 0 spiro atoms. The third-order valence-electron chi connectivity index (χ3n) is 5.43. The van der Waals surface area contributed by atoms with Crippen molar-refractivity contribution in [3.63, 3.8) is 0 Å². The molecule has 1 aliphatic rings. The van der Waals surface area contributed by atoms with Gasteiger partial charge in [-0.15, -0.1) is 0 Å². The van der Waals surface area contributed by atoms with Crippen LogP contribution < -0.4 is 16.0 Å². The van der Waals surface area contributed by atoms with E-state index in [0.29, 0.717) is 37.6 Å². The Hall–Kier alpha value is -3.99. The fourth-order valence-corrected chi connectivity index (χ4v) is 3.81. The normalized spacial score (nSPS) is 14.4. The number of anilines is 4. The van der Waals surface area contributed by atoms with Crippen LogP contribution in [0.4, 0.5) is 36.2 Å². The Morgan fingerprint density at radius 3 is 2.47 bits per heavy atom. The predicted octanol–water partition coefficient (Wildman–Crippen LogP) is 4.27. The molecule has 0 atom stereocenters. The van der Waals surface area contributed by atoms with Crippen LogP contribution in [-0.4, -0.2) is 46.2 Å². The lowest BCUT2D eigenvalue weighted by Crippen LogP contribution is -2.37. The molecule has 0 amide bonds. The molecule has 0 bridgehead atoms. The Labute approximate surface area is 192 Å². The average Bonchev–Trinajstić information content (AvgIpc) is 2.84. The number of alkyl halides is 3. The van der Waals surface area contributed by atoms with Crippen LogP contribution in [0.1, 0.15) is 5.56 Å². The van der Waals surface area contributed by atoms with Gasteiger partial charge in [-0.3, -0.25) is 4.98 Å². The highest BCUT2D eigenvalue weighted by Crippen LogP contribution is 2.38. The quantitative estimate of drug-likeness (QED) is 0.459. The fourth-order valence-electron chi connectivity index (χ4n) is 3.81. The summed E-state index contributed by atoms with van der Waals surface area (Å²) in [5, 5.41) is 3.98. The van der Waals surface area contributed by atoms with Gasteiger partial charge in [-0.2, -0.15) is 13.2 Å². The number of hydrogen-bond donors (Lipinski definition) is 2. The topological polar surface area (TPSA) is 102 Å². The van der Waals surface area contributed by atoms with Crippen molar-refractivity contribution in [2.75, 3.05) is 42.3 Å². The van der Waals surface area contributed by atoms with Crippen LogP contribution >= 0.6 is 0 Å². The summed E-state index contributed by atoms with van der Waals surface area (Å²) in [6, 6.07) is 9.94. The third kappa shape index (κ3) is 4.42. The first-order chi connectivity index (χ1) is 16.4. The number of nitrogens with one attached hydrogen (secondary N) is 1. The number of nitrogens with zero attached hydrogens (tertiary/aromatic N) is 5. The van der Waals surface area contributed by atoms with Crippen molar-refractivity contribution in [3.05, 3.63) is 60.6 Å². The number of ether oxygens (including phenoxy) is 1. The molecule has 3 aromatic heterocycles. The Morgan fingerprint density at radius 1 is 0.971 bits per heavy atom. The van der Waals surface area contributed by atoms with E-state index in [9.17, 15) is 13.2 Å². The Balaban J connectivity index is 1.67. The predicted molar refractivity (Wildman–Crippen MR) is 123 cm³/mol. The van der Waals surface area contributed by atoms with Gasteiger partial charge in [-0.05, 0) is 36.4 Å². The summed E-state index contributed by atoms with van der Waals surface area (Å²) in [5.74, 6) is 0.243. The molecule has 5 rings (SSSR count). The summed E-state index contributed by atoms with van der Waals surface area (Å²) in [4.78, 5) is 18.9. The van der Waals surface area contributed by atoms with Crippen LogP contribution in [0.15, 0.2) is 55.0 Å². The van der Waals surface area contributed by atoms with E-state index >= 15 is 0 Å². The summed E-state index contributed by atoms with van der Waals surface area (Å²) in [6.07, 6.45) is -0.254. The van der Waals surface area contributed by atoms with Crippen LogP contribution in [0.5, 0.6) is 0 Å². The van der Waals surface area contributed by atoms with Crippen LogP contribution in [0, 0.1) is 0 Å². The Bertz CT molecular complexity index is 1330. The zero-order valence-electron chi connectivity index (χ0n) is 17.9. The van der Waals surface area contributed by atoms with E-state index in [4.69, 9.17) is 10.5 Å². The van der Waals surface area contributed by atoms with Crippen molar-refractivity contribution in [1.29, 1.82) is 0 Å². The summed E-state index contributed by atoms with van der Waals surface area (Å²) in [7, 11) is 0. The summed E-state index contributed by atoms with van der Waals surface area (Å²) >= 11 is 0. The molecule has 3 N–H and O–H groups in total. The first-order valence-corrected chi connectivity index (χ1v) is 10.5. The van der Waals surface area contributed by atoms with Crippen LogP contribution in [0.25, 0.3) is 22.3 Å². The molecule has 4 heterocycles. The molecule has 34 heavy (non-hydrogen) atoms. The highest BCUT2D eigenvalue weighted by molar-refractivity contribution is 5.93. The number of fused-ring (bicyclic) bond motifs is 1. The van der Waals surface area contributed by atoms with E-state index in [-0.39, 0.29) is 17.2 Å². The molecule has 0 unspecified atom stereocenters. The average molecular weight is 467 g/mol. The SMILES string of the molecule is Nc1cc(C(F)(F)F)c(-c2nc(N3CCOCC3)c3ccc(Nc4ccncc4)cc3n2)cn1. The molecule has 8 nitrogen and oxygen atoms in total. The van der Waals surface area contributed by atoms with Crippen molar-refractivity contribution in [3.8, 4) is 11.4 Å². The van der Waals surface area contributed by atoms with Crippen molar-refractivity contribution in [2.24, 2.45) is 0 Å². The van der Waals surface area contributed by atoms with Crippen molar-refractivity contribution in [2.45, 2.75) is 6.18 Å². The minimum absolute atomic E-state index is 0.0742. The van der Waals surface area contributed by atoms with Crippen molar-refractivity contribution < 1.29 is 17.9 Å². The summed E-state index contributed by atoms with van der Waals surface area (Å²) in [6.45, 7) is 2.13. The van der Waals surface area contributed by atoms with Gasteiger partial charge in [-0.25, -0.2) is 15.0 Å². The number of morpholine rings is 1. The van der Waals surface area contributed by atoms with Crippen molar-refractivity contribution >= 4 is 33.9 Å². The summed E-state index contributed by atoms with van der Waals surface area (Å²) < 4.78 is 46.9. The molecule has 1 fully saturated rings. The lowest BCUT2D eigenvalue weighted by Gasteiger charge is -2.29. The lowest BCUT2D eigenvalue weighted by molar-refractivity contribution is -0.137. The second-order valence-electron chi connectivity index (χ2n) is 7.72. The van der Waals surface area contributed by atoms with E-state index in [2.05, 4.69) is 25.3 Å². The van der Waals surface area contributed by atoms with Crippen LogP contribution in [0.2, 0.25) is 0 Å². The minimum Gasteiger partial charge on any atom is -0.384 e. The number of nitrogen functional groups attached to an aromatic ring is 1. The Morgan fingerprint density at radius 2 is 1.74 bits per heavy atom. The molecule has 4 aromatic rings. The van der Waals surface area contributed by atoms with Gasteiger partial charge < -0.3 is 20.7 Å². The largest absolute Gasteiger partial charge is 0.417 e. The maximum absolute atomic E-state index is 13.8. The maximum atomic E-state index is 13.8. The lowest BCUT2D eigenvalue weighted by atomic mass is 10.1. The molecule has 11 heteroatoms. The van der Waals surface area contributed by atoms with Gasteiger partial charge in [-0.1, -0.05) is 0 Å². The maximum Gasteiger partial charge on any atom is 0.417 e. The van der Waals surface area contributed by atoms with E-state index < -0.39 is 11.7 Å². The molecule has 1 saturated heterocycles. The van der Waals surface area contributed by atoms with Crippen LogP contribution in [0.3, 0.4) is 0 Å². The van der Waals surface area contributed by atoms with Gasteiger partial charge >= 0.3 is 6.18 Å². The van der Waals surface area contributed by atoms with Gasteiger partial charge in [0.15, 0.2) is 5.82 Å². The third-order valence-corrected chi connectivity index (χ3v) is 5.43. The zero-order valence-corrected chi connectivity index (χ0v) is 17.9. The number of benzene rings is 1. The highest BCUT2D eigenvalue weighted by atomic mass is 19.4. The second-order valence-corrected chi connectivity index (χ2v) is 7.72. The minimum atomic E-state index is -4.64. The monoisotopic (exact) mass is 467 g/mol. The second kappa shape index (κ2) is 8.75. The number of rotatable bonds is 4. The smallest absolute Gasteiger partial charge is 0.384 e. The zero-order chi connectivity index (χ0) is 23.7. The standard InChI is InChI=1S/C23H20F3N7O/c24-23(25,26)18-12-20(27)29-13-17(18)21-31-19-11-15(30-14-3-5-28-6-4-14)1-2-16(19)22(32-21)33-7-9-34-10-8-33/h1-6,11-13H,7-10H2,(H2,27,29)(H,28,30). The van der Waals surface area contributed by atoms with E-state index in [1.165, 1.54) is 0 Å². The molecular weight excluding hydrogens is 447 g/mol. The van der Waals surface area contributed by atoms with Gasteiger partial charge in [0, 0.05) is 54.0 Å². The summed E-state index contributed by atoms with van der Waals surface area (Å²) in [5.41, 5.74) is 6.42. The molecule has 1 aliphatic heterocycles. The first-order valence-electron chi connectivity index (χ1n) is 10.5. The number of aromatic nitrogens is 4. The van der Waals surface area contributed by atoms with Crippen LogP contribution in [-0.2, 0) is 10.9 Å². The van der Waals surface area contributed by atoms with Crippen molar-refractivity contribution in [1.82, 2.24) is 19.9 Å². The van der Waals surface area contributed by atoms with Gasteiger partial charge in [0.2, 0.25) is 0 Å². The van der Waals surface area contributed by atoms with E-state index in [0.717, 1.165) is 29.0 Å². The van der Waals surface area contributed by atoms with E-state index in [1.54, 1.807) is 18.5 Å². The van der Waals surface area contributed by atoms with Gasteiger partial charge in [0.05, 0.1) is 24.3 Å². The number of pyridine rings is 2. The number of hydrogen-bond acceptors (Lipinski definition) is 8. The van der Waals surface area contributed by atoms with Gasteiger partial charge in [0.25, 0.3) is 0 Å². The van der Waals surface area contributed by atoms with Gasteiger partial charge in [0.1, 0.15) is 11.6 Å². The number of nitrogens with two attached hydrogens (primary N) is 1. The van der Waals surface area contributed by atoms with E-state index in [1.807, 2.05) is 29.2 Å². The molecular formula is C23H20F3N7O. The highest BCUT2D eigenvalue weighted by Gasteiger charge is 2.35.